The van der Waals surface area contributed by atoms with E-state index in [1.54, 1.807) is 6.92 Å². The number of hydrogen-bond donors (Lipinski definition) is 3. The highest BCUT2D eigenvalue weighted by atomic mass is 16.5. The molecule has 0 fully saturated rings. The topological polar surface area (TPSA) is 117 Å². The molecule has 0 spiro atoms. The number of benzene rings is 1. The van der Waals surface area contributed by atoms with Gasteiger partial charge in [0, 0.05) is 7.11 Å². The molecule has 22 heavy (non-hydrogen) atoms. The molecule has 0 amide bonds. The Hall–Kier alpha value is -2.80. The summed E-state index contributed by atoms with van der Waals surface area (Å²) in [6.07, 6.45) is 1.06. The predicted molar refractivity (Wildman–Crippen MR) is 78.0 cm³/mol. The van der Waals surface area contributed by atoms with Crippen molar-refractivity contribution in [2.75, 3.05) is 7.11 Å². The van der Waals surface area contributed by atoms with Crippen molar-refractivity contribution in [2.45, 2.75) is 13.0 Å². The van der Waals surface area contributed by atoms with Crippen LogP contribution in [0.3, 0.4) is 0 Å². The molecule has 0 radical (unpaired) electrons. The zero-order valence-electron chi connectivity index (χ0n) is 11.9. The lowest BCUT2D eigenvalue weighted by atomic mass is 10.0. The number of aryl methyl sites for hydroxylation is 1. The molecule has 7 nitrogen and oxygen atoms in total. The summed E-state index contributed by atoms with van der Waals surface area (Å²) in [7, 11) is 1.21. The second-order valence-corrected chi connectivity index (χ2v) is 4.62. The number of hydrogen-bond acceptors (Lipinski definition) is 6. The van der Waals surface area contributed by atoms with Crippen molar-refractivity contribution in [2.24, 2.45) is 0 Å². The van der Waals surface area contributed by atoms with Crippen LogP contribution in [0.4, 0.5) is 0 Å². The lowest BCUT2D eigenvalue weighted by molar-refractivity contribution is -0.145. The molecule has 1 heterocycles. The van der Waals surface area contributed by atoms with Gasteiger partial charge in [-0.15, -0.1) is 0 Å². The minimum atomic E-state index is -1.25. The summed E-state index contributed by atoms with van der Waals surface area (Å²) in [6.45, 7) is 1.57. The number of aromatic hydroxyl groups is 2. The third kappa shape index (κ3) is 2.79. The number of aliphatic carboxylic acids is 1. The highest BCUT2D eigenvalue weighted by molar-refractivity contribution is 5.93. The van der Waals surface area contributed by atoms with E-state index in [4.69, 9.17) is 14.3 Å². The molecule has 116 valence electrons. The third-order valence-corrected chi connectivity index (χ3v) is 3.10. The fourth-order valence-electron chi connectivity index (χ4n) is 2.07. The molecule has 1 aromatic carbocycles. The van der Waals surface area contributed by atoms with Crippen LogP contribution >= 0.6 is 0 Å². The smallest absolute Gasteiger partial charge is 0.347 e. The summed E-state index contributed by atoms with van der Waals surface area (Å²) in [5.41, 5.74) is -0.837. The Morgan fingerprint density at radius 2 is 2.05 bits per heavy atom. The Kier molecular flexibility index (Phi) is 4.18. The van der Waals surface area contributed by atoms with E-state index in [9.17, 15) is 19.8 Å². The van der Waals surface area contributed by atoms with Gasteiger partial charge in [0.2, 0.25) is 0 Å². The Morgan fingerprint density at radius 3 is 2.64 bits per heavy atom. The fraction of sp³-hybridized carbons (Fsp3) is 0.200. The highest BCUT2D eigenvalue weighted by Crippen LogP contribution is 2.35. The predicted octanol–water partition coefficient (Wildman–Crippen LogP) is 1.63. The Balaban J connectivity index is 2.63. The van der Waals surface area contributed by atoms with Crippen molar-refractivity contribution in [3.05, 3.63) is 40.0 Å². The summed E-state index contributed by atoms with van der Waals surface area (Å²) < 4.78 is 9.62. The van der Waals surface area contributed by atoms with Crippen molar-refractivity contribution >= 4 is 22.8 Å². The largest absolute Gasteiger partial charge is 0.507 e. The quantitative estimate of drug-likeness (QED) is 0.785. The van der Waals surface area contributed by atoms with Crippen molar-refractivity contribution in [1.29, 1.82) is 0 Å². The van der Waals surface area contributed by atoms with Crippen LogP contribution in [-0.4, -0.2) is 34.5 Å². The molecular formula is C15H14O7. The number of methoxy groups -OCH3 is 1. The average Bonchev–Trinajstić information content (AvgIpc) is 2.40. The maximum Gasteiger partial charge on any atom is 0.347 e. The Labute approximate surface area is 124 Å². The maximum atomic E-state index is 11.8. The molecule has 0 aliphatic carbocycles. The van der Waals surface area contributed by atoms with E-state index in [-0.39, 0.29) is 16.7 Å². The van der Waals surface area contributed by atoms with Crippen molar-refractivity contribution in [1.82, 2.24) is 0 Å². The van der Waals surface area contributed by atoms with Crippen LogP contribution in [0.2, 0.25) is 0 Å². The van der Waals surface area contributed by atoms with Gasteiger partial charge in [-0.05, 0) is 36.6 Å². The van der Waals surface area contributed by atoms with Crippen molar-refractivity contribution in [3.8, 4) is 11.5 Å². The van der Waals surface area contributed by atoms with Gasteiger partial charge < -0.3 is 24.5 Å². The molecule has 0 aliphatic heterocycles. The summed E-state index contributed by atoms with van der Waals surface area (Å²) in [5, 5.41) is 29.2. The van der Waals surface area contributed by atoms with Gasteiger partial charge in [-0.2, -0.15) is 0 Å². The van der Waals surface area contributed by atoms with Crippen LogP contribution in [0.1, 0.15) is 11.3 Å². The minimum Gasteiger partial charge on any atom is -0.507 e. The summed E-state index contributed by atoms with van der Waals surface area (Å²) >= 11 is 0. The van der Waals surface area contributed by atoms with Gasteiger partial charge in [0.15, 0.2) is 6.10 Å². The van der Waals surface area contributed by atoms with E-state index in [0.29, 0.717) is 11.1 Å². The second kappa shape index (κ2) is 5.90. The van der Waals surface area contributed by atoms with Gasteiger partial charge in [-0.1, -0.05) is 0 Å². The highest BCUT2D eigenvalue weighted by Gasteiger charge is 2.17. The normalized spacial score (nSPS) is 12.8. The molecule has 2 rings (SSSR count). The lowest BCUT2D eigenvalue weighted by Gasteiger charge is -2.08. The number of phenols is 2. The number of carboxylic acids is 1. The van der Waals surface area contributed by atoms with E-state index < -0.39 is 23.4 Å². The number of carbonyl (C=O) groups is 1. The standard InChI is InChI=1S/C15H14O7/c1-7-5-8-6-10(16)9(3-4-11(21-2)14(18)19)13(17)12(8)15(20)22-7/h3-6,11,16-17H,1-2H3,(H,18,19)/b4-3+/t11-/m1/s1. The number of phenolic OH excluding ortho intramolecular Hbond substituents is 2. The van der Waals surface area contributed by atoms with Gasteiger partial charge in [0.1, 0.15) is 22.6 Å². The monoisotopic (exact) mass is 306 g/mol. The van der Waals surface area contributed by atoms with E-state index >= 15 is 0 Å². The second-order valence-electron chi connectivity index (χ2n) is 4.62. The van der Waals surface area contributed by atoms with Gasteiger partial charge >= 0.3 is 11.6 Å². The lowest BCUT2D eigenvalue weighted by Crippen LogP contribution is -2.19. The van der Waals surface area contributed by atoms with Crippen LogP contribution in [0.5, 0.6) is 11.5 Å². The molecule has 0 saturated carbocycles. The molecular weight excluding hydrogens is 292 g/mol. The summed E-state index contributed by atoms with van der Waals surface area (Å²) in [4.78, 5) is 22.7. The van der Waals surface area contributed by atoms with Gasteiger partial charge in [0.25, 0.3) is 0 Å². The first-order valence-corrected chi connectivity index (χ1v) is 6.28. The van der Waals surface area contributed by atoms with Crippen molar-refractivity contribution < 1.29 is 29.3 Å². The van der Waals surface area contributed by atoms with Gasteiger partial charge in [-0.25, -0.2) is 9.59 Å². The minimum absolute atomic E-state index is 0.0904. The number of rotatable bonds is 4. The van der Waals surface area contributed by atoms with E-state index in [0.717, 1.165) is 6.08 Å². The molecule has 1 atom stereocenters. The van der Waals surface area contributed by atoms with Gasteiger partial charge in [0.05, 0.1) is 5.56 Å². The van der Waals surface area contributed by atoms with Gasteiger partial charge in [-0.3, -0.25) is 0 Å². The number of fused-ring (bicyclic) bond motifs is 1. The first kappa shape index (κ1) is 15.6. The zero-order chi connectivity index (χ0) is 16.4. The molecule has 0 bridgehead atoms. The van der Waals surface area contributed by atoms with Crippen molar-refractivity contribution in [3.63, 3.8) is 0 Å². The van der Waals surface area contributed by atoms with Crippen LogP contribution in [-0.2, 0) is 9.53 Å². The molecule has 7 heteroatoms. The third-order valence-electron chi connectivity index (χ3n) is 3.10. The fourth-order valence-corrected chi connectivity index (χ4v) is 2.07. The maximum absolute atomic E-state index is 11.8. The summed E-state index contributed by atoms with van der Waals surface area (Å²) in [6, 6.07) is 2.79. The average molecular weight is 306 g/mol. The SMILES string of the molecule is CO[C@H](/C=C/c1c(O)cc2cc(C)oc(=O)c2c1O)C(=O)O. The Morgan fingerprint density at radius 1 is 1.36 bits per heavy atom. The zero-order valence-corrected chi connectivity index (χ0v) is 11.9. The molecule has 0 saturated heterocycles. The molecule has 0 unspecified atom stereocenters. The number of ether oxygens (including phenoxy) is 1. The molecule has 3 N–H and O–H groups in total. The summed E-state index contributed by atoms with van der Waals surface area (Å²) in [5.74, 6) is -1.68. The molecule has 1 aromatic heterocycles. The molecule has 0 aliphatic rings. The van der Waals surface area contributed by atoms with Crippen LogP contribution in [0.25, 0.3) is 16.8 Å². The first-order chi connectivity index (χ1) is 10.3. The van der Waals surface area contributed by atoms with Crippen LogP contribution in [0.15, 0.2) is 27.4 Å². The van der Waals surface area contributed by atoms with Crippen LogP contribution < -0.4 is 5.63 Å². The van der Waals surface area contributed by atoms with E-state index in [1.165, 1.54) is 25.3 Å². The van der Waals surface area contributed by atoms with Crippen LogP contribution in [0, 0.1) is 6.92 Å². The Bertz CT molecular complexity index is 817. The van der Waals surface area contributed by atoms with E-state index in [1.807, 2.05) is 0 Å². The first-order valence-electron chi connectivity index (χ1n) is 6.28. The molecule has 2 aromatic rings. The van der Waals surface area contributed by atoms with E-state index in [2.05, 4.69) is 0 Å². The number of carboxylic acid groups (broad SMARTS) is 1.